The third-order valence-corrected chi connectivity index (χ3v) is 6.62. The van der Waals surface area contributed by atoms with Crippen molar-refractivity contribution in [1.82, 2.24) is 20.5 Å². The summed E-state index contributed by atoms with van der Waals surface area (Å²) in [6.07, 6.45) is 0.192. The van der Waals surface area contributed by atoms with E-state index in [1.165, 1.54) is 7.11 Å². The zero-order valence-electron chi connectivity index (χ0n) is 21.7. The fourth-order valence-electron chi connectivity index (χ4n) is 4.72. The van der Waals surface area contributed by atoms with Gasteiger partial charge in [-0.1, -0.05) is 19.9 Å². The average Bonchev–Trinajstić information content (AvgIpc) is 3.61. The van der Waals surface area contributed by atoms with Crippen LogP contribution in [0.5, 0.6) is 5.75 Å². The number of nitrogens with zero attached hydrogens (tertiary/aromatic N) is 1. The van der Waals surface area contributed by atoms with E-state index in [1.807, 2.05) is 13.8 Å². The van der Waals surface area contributed by atoms with Crippen LogP contribution in [0.25, 0.3) is 10.9 Å². The highest BCUT2D eigenvalue weighted by atomic mass is 16.6. The molecule has 3 heterocycles. The van der Waals surface area contributed by atoms with Crippen LogP contribution in [0.1, 0.15) is 55.4 Å². The maximum absolute atomic E-state index is 13.4. The highest BCUT2D eigenvalue weighted by Gasteiger charge is 2.38. The number of carbonyl (C=O) groups excluding carboxylic acids is 3. The molecule has 3 atom stereocenters. The van der Waals surface area contributed by atoms with E-state index < -0.39 is 47.6 Å². The number of hydrogen-bond acceptors (Lipinski definition) is 8. The van der Waals surface area contributed by atoms with Gasteiger partial charge in [0.05, 0.1) is 13.2 Å². The van der Waals surface area contributed by atoms with Gasteiger partial charge in [0, 0.05) is 23.4 Å². The van der Waals surface area contributed by atoms with Crippen molar-refractivity contribution >= 4 is 34.7 Å². The Balaban J connectivity index is 1.53. The summed E-state index contributed by atoms with van der Waals surface area (Å²) in [6, 6.07) is 5.04. The Hall–Kier alpha value is -4.55. The molecule has 4 N–H and O–H groups in total. The molecule has 1 aromatic carbocycles. The van der Waals surface area contributed by atoms with Crippen molar-refractivity contribution in [3.63, 3.8) is 0 Å². The topological polar surface area (TPSA) is 184 Å². The smallest absolute Gasteiger partial charge is 0.496 e. The van der Waals surface area contributed by atoms with E-state index in [0.717, 1.165) is 6.26 Å². The summed E-state index contributed by atoms with van der Waals surface area (Å²) < 4.78 is 15.1. The number of ether oxygens (including phenoxy) is 1. The standard InChI is InChI=1S/C26H30N4O9/c1-13(2)9-18(29-23(32)19-11-15-16(27-19)5-4-6-20(15)37-3)22(31)28-17(21-12-38-26(36)39-21)10-14-7-8-30(24(14)33)25(34)35/h4-6,11-14,17-18,27H,7-10H2,1-3H3,(H,28,31)(H,29,32)(H,34,35)/t14-,17-,18-/m0/s1. The normalized spacial score (nSPS) is 16.9. The number of rotatable bonds is 10. The van der Waals surface area contributed by atoms with Crippen LogP contribution in [-0.2, 0) is 9.59 Å². The van der Waals surface area contributed by atoms with Gasteiger partial charge in [0.2, 0.25) is 11.8 Å². The fourth-order valence-corrected chi connectivity index (χ4v) is 4.72. The molecule has 4 amide bonds. The molecule has 0 aliphatic carbocycles. The molecule has 13 heteroatoms. The van der Waals surface area contributed by atoms with Crippen LogP contribution >= 0.6 is 0 Å². The van der Waals surface area contributed by atoms with Crippen LogP contribution in [0.4, 0.5) is 4.79 Å². The first kappa shape index (κ1) is 27.5. The van der Waals surface area contributed by atoms with Crippen molar-refractivity contribution in [1.29, 1.82) is 0 Å². The van der Waals surface area contributed by atoms with Crippen molar-refractivity contribution in [3.05, 3.63) is 52.6 Å². The largest absolute Gasteiger partial charge is 0.518 e. The molecule has 13 nitrogen and oxygen atoms in total. The van der Waals surface area contributed by atoms with E-state index >= 15 is 0 Å². The maximum atomic E-state index is 13.4. The number of nitrogens with one attached hydrogen (secondary N) is 3. The zero-order chi connectivity index (χ0) is 28.3. The molecule has 39 heavy (non-hydrogen) atoms. The Labute approximate surface area is 222 Å². The molecule has 0 unspecified atom stereocenters. The molecule has 1 aliphatic rings. The summed E-state index contributed by atoms with van der Waals surface area (Å²) in [7, 11) is 1.53. The first-order chi connectivity index (χ1) is 18.6. The van der Waals surface area contributed by atoms with Gasteiger partial charge in [-0.2, -0.15) is 0 Å². The molecular weight excluding hydrogens is 512 g/mol. The van der Waals surface area contributed by atoms with Crippen LogP contribution in [0.2, 0.25) is 0 Å². The molecule has 0 bridgehead atoms. The summed E-state index contributed by atoms with van der Waals surface area (Å²) in [5, 5.41) is 15.4. The molecule has 0 radical (unpaired) electrons. The number of methoxy groups -OCH3 is 1. The van der Waals surface area contributed by atoms with E-state index in [2.05, 4.69) is 15.6 Å². The molecular formula is C26H30N4O9. The third-order valence-electron chi connectivity index (χ3n) is 6.62. The summed E-state index contributed by atoms with van der Waals surface area (Å²) in [5.74, 6) is -2.81. The lowest BCUT2D eigenvalue weighted by Crippen LogP contribution is -2.48. The van der Waals surface area contributed by atoms with Crippen molar-refractivity contribution in [2.24, 2.45) is 11.8 Å². The Morgan fingerprint density at radius 2 is 2.00 bits per heavy atom. The van der Waals surface area contributed by atoms with Crippen molar-refractivity contribution in [3.8, 4) is 5.75 Å². The van der Waals surface area contributed by atoms with Gasteiger partial charge >= 0.3 is 11.9 Å². The number of fused-ring (bicyclic) bond motifs is 1. The maximum Gasteiger partial charge on any atom is 0.518 e. The van der Waals surface area contributed by atoms with Gasteiger partial charge in [0.15, 0.2) is 5.76 Å². The molecule has 208 valence electrons. The Kier molecular flexibility index (Phi) is 8.07. The van der Waals surface area contributed by atoms with Crippen LogP contribution < -0.4 is 21.2 Å². The quantitative estimate of drug-likeness (QED) is 0.299. The molecule has 2 aromatic heterocycles. The van der Waals surface area contributed by atoms with Gasteiger partial charge in [0.1, 0.15) is 23.7 Å². The number of amides is 4. The average molecular weight is 543 g/mol. The molecule has 1 aliphatic heterocycles. The van der Waals surface area contributed by atoms with Crippen LogP contribution in [-0.4, -0.2) is 58.5 Å². The predicted octanol–water partition coefficient (Wildman–Crippen LogP) is 2.64. The predicted molar refractivity (Wildman–Crippen MR) is 136 cm³/mol. The van der Waals surface area contributed by atoms with E-state index in [1.54, 1.807) is 24.3 Å². The molecule has 0 spiro atoms. The second-order valence-electron chi connectivity index (χ2n) is 9.81. The number of likely N-dealkylation sites (tertiary alicyclic amines) is 1. The first-order valence-electron chi connectivity index (χ1n) is 12.5. The Morgan fingerprint density at radius 1 is 1.23 bits per heavy atom. The Bertz CT molecular complexity index is 1440. The molecule has 1 saturated heterocycles. The van der Waals surface area contributed by atoms with E-state index in [9.17, 15) is 29.1 Å². The van der Waals surface area contributed by atoms with E-state index in [4.69, 9.17) is 13.6 Å². The van der Waals surface area contributed by atoms with Gasteiger partial charge in [-0.15, -0.1) is 0 Å². The van der Waals surface area contributed by atoms with Gasteiger partial charge in [-0.05, 0) is 43.4 Å². The highest BCUT2D eigenvalue weighted by Crippen LogP contribution is 2.29. The van der Waals surface area contributed by atoms with Crippen molar-refractivity contribution in [2.75, 3.05) is 13.7 Å². The van der Waals surface area contributed by atoms with Crippen LogP contribution in [0.3, 0.4) is 0 Å². The first-order valence-corrected chi connectivity index (χ1v) is 12.5. The summed E-state index contributed by atoms with van der Waals surface area (Å²) in [4.78, 5) is 65.7. The lowest BCUT2D eigenvalue weighted by molar-refractivity contribution is -0.130. The molecule has 0 saturated carbocycles. The number of aromatic nitrogens is 1. The van der Waals surface area contributed by atoms with Crippen molar-refractivity contribution < 1.29 is 37.9 Å². The van der Waals surface area contributed by atoms with Crippen LogP contribution in [0, 0.1) is 11.8 Å². The molecule has 4 rings (SSSR count). The van der Waals surface area contributed by atoms with Crippen molar-refractivity contribution in [2.45, 2.75) is 45.2 Å². The number of carbonyl (C=O) groups is 4. The lowest BCUT2D eigenvalue weighted by Gasteiger charge is -2.24. The van der Waals surface area contributed by atoms with Crippen LogP contribution in [0.15, 0.2) is 44.2 Å². The number of aromatic amines is 1. The SMILES string of the molecule is COc1cccc2[nH]c(C(=O)N[C@@H](CC(C)C)C(=O)N[C@@H](C[C@@H]3CCN(C(=O)O)C3=O)c3coc(=O)o3)cc12. The second-order valence-corrected chi connectivity index (χ2v) is 9.81. The van der Waals surface area contributed by atoms with E-state index in [-0.39, 0.29) is 36.8 Å². The summed E-state index contributed by atoms with van der Waals surface area (Å²) in [6.45, 7) is 3.81. The molecule has 3 aromatic rings. The third kappa shape index (κ3) is 6.13. The Morgan fingerprint density at radius 3 is 2.62 bits per heavy atom. The summed E-state index contributed by atoms with van der Waals surface area (Å²) >= 11 is 0. The van der Waals surface area contributed by atoms with Gasteiger partial charge in [-0.3, -0.25) is 14.4 Å². The summed E-state index contributed by atoms with van der Waals surface area (Å²) in [5.41, 5.74) is 0.926. The minimum absolute atomic E-state index is 0.0211. The number of imide groups is 1. The zero-order valence-corrected chi connectivity index (χ0v) is 21.7. The van der Waals surface area contributed by atoms with Gasteiger partial charge < -0.3 is 34.3 Å². The van der Waals surface area contributed by atoms with E-state index in [0.29, 0.717) is 28.0 Å². The second kappa shape index (κ2) is 11.5. The number of hydrogen-bond donors (Lipinski definition) is 4. The minimum Gasteiger partial charge on any atom is -0.496 e. The highest BCUT2D eigenvalue weighted by molar-refractivity contribution is 6.01. The monoisotopic (exact) mass is 542 g/mol. The fraction of sp³-hybridized carbons (Fsp3) is 0.423. The number of H-pyrrole nitrogens is 1. The van der Waals surface area contributed by atoms with Gasteiger partial charge in [-0.25, -0.2) is 14.5 Å². The lowest BCUT2D eigenvalue weighted by atomic mass is 9.96. The van der Waals surface area contributed by atoms with Gasteiger partial charge in [0.25, 0.3) is 5.91 Å². The number of carboxylic acid groups (broad SMARTS) is 1. The molecule has 1 fully saturated rings. The minimum atomic E-state index is -1.35. The number of benzene rings is 1.